The van der Waals surface area contributed by atoms with Crippen molar-refractivity contribution in [3.63, 3.8) is 0 Å². The Morgan fingerprint density at radius 1 is 1.31 bits per heavy atom. The van der Waals surface area contributed by atoms with Gasteiger partial charge in [-0.25, -0.2) is 19.9 Å². The highest BCUT2D eigenvalue weighted by Crippen LogP contribution is 2.25. The molecule has 2 N–H and O–H groups in total. The Morgan fingerprint density at radius 2 is 2.12 bits per heavy atom. The maximum atomic E-state index is 6.03. The van der Waals surface area contributed by atoms with Crippen LogP contribution < -0.4 is 5.73 Å². The number of hydrogen-bond acceptors (Lipinski definition) is 6. The molecule has 16 heavy (non-hydrogen) atoms. The number of rotatable bonds is 2. The Balaban J connectivity index is 2.48. The second-order valence-electron chi connectivity index (χ2n) is 2.86. The Kier molecular flexibility index (Phi) is 3.21. The van der Waals surface area contributed by atoms with Gasteiger partial charge in [-0.05, 0) is 12.3 Å². The van der Waals surface area contributed by atoms with E-state index in [0.29, 0.717) is 21.6 Å². The lowest BCUT2D eigenvalue weighted by molar-refractivity contribution is 0.970. The maximum Gasteiger partial charge on any atom is 0.220 e. The van der Waals surface area contributed by atoms with Crippen LogP contribution in [0.2, 0.25) is 5.15 Å². The number of thioether (sulfide) groups is 1. The first-order valence-corrected chi connectivity index (χ1v) is 5.96. The van der Waals surface area contributed by atoms with E-state index in [1.54, 1.807) is 18.5 Å². The summed E-state index contributed by atoms with van der Waals surface area (Å²) >= 11 is 7.46. The van der Waals surface area contributed by atoms with Crippen LogP contribution in [0.15, 0.2) is 23.6 Å². The van der Waals surface area contributed by atoms with Crippen molar-refractivity contribution in [3.8, 4) is 11.3 Å². The lowest BCUT2D eigenvalue weighted by Gasteiger charge is -2.03. The summed E-state index contributed by atoms with van der Waals surface area (Å²) in [5.41, 5.74) is 6.75. The summed E-state index contributed by atoms with van der Waals surface area (Å²) in [6.45, 7) is 0. The number of nitrogens with zero attached hydrogens (tertiary/aromatic N) is 4. The van der Waals surface area contributed by atoms with Crippen molar-refractivity contribution in [1.29, 1.82) is 0 Å². The fourth-order valence-electron chi connectivity index (χ4n) is 1.14. The van der Waals surface area contributed by atoms with Gasteiger partial charge >= 0.3 is 0 Å². The molecule has 2 aromatic rings. The topological polar surface area (TPSA) is 77.6 Å². The lowest BCUT2D eigenvalue weighted by atomic mass is 10.2. The van der Waals surface area contributed by atoms with Gasteiger partial charge < -0.3 is 5.73 Å². The molecule has 2 aromatic heterocycles. The van der Waals surface area contributed by atoms with Gasteiger partial charge in [0.25, 0.3) is 0 Å². The van der Waals surface area contributed by atoms with E-state index in [0.717, 1.165) is 0 Å². The molecule has 82 valence electrons. The molecule has 0 saturated carbocycles. The molecular weight excluding hydrogens is 246 g/mol. The number of aromatic nitrogens is 4. The highest BCUT2D eigenvalue weighted by atomic mass is 35.5. The van der Waals surface area contributed by atoms with Gasteiger partial charge in [0.2, 0.25) is 5.95 Å². The van der Waals surface area contributed by atoms with Crippen LogP contribution in [-0.2, 0) is 0 Å². The van der Waals surface area contributed by atoms with Crippen molar-refractivity contribution in [3.05, 3.63) is 23.6 Å². The molecule has 0 aliphatic rings. The second-order valence-corrected chi connectivity index (χ2v) is 3.99. The lowest BCUT2D eigenvalue weighted by Crippen LogP contribution is -1.97. The Hall–Kier alpha value is -1.40. The van der Waals surface area contributed by atoms with Crippen LogP contribution in [-0.4, -0.2) is 26.2 Å². The molecule has 2 rings (SSSR count). The van der Waals surface area contributed by atoms with Gasteiger partial charge in [-0.15, -0.1) is 0 Å². The zero-order valence-electron chi connectivity index (χ0n) is 8.38. The van der Waals surface area contributed by atoms with Crippen molar-refractivity contribution in [2.75, 3.05) is 12.0 Å². The van der Waals surface area contributed by atoms with Gasteiger partial charge in [0, 0.05) is 12.4 Å². The summed E-state index contributed by atoms with van der Waals surface area (Å²) in [5, 5.41) is 0.980. The molecule has 2 heterocycles. The zero-order chi connectivity index (χ0) is 11.5. The largest absolute Gasteiger partial charge is 0.368 e. The first-order valence-electron chi connectivity index (χ1n) is 4.36. The van der Waals surface area contributed by atoms with E-state index < -0.39 is 0 Å². The van der Waals surface area contributed by atoms with Crippen LogP contribution in [0.4, 0.5) is 5.95 Å². The molecule has 7 heteroatoms. The van der Waals surface area contributed by atoms with E-state index in [-0.39, 0.29) is 5.95 Å². The molecule has 0 amide bonds. The second kappa shape index (κ2) is 4.63. The molecule has 0 atom stereocenters. The molecule has 0 aromatic carbocycles. The average Bonchev–Trinajstić information content (AvgIpc) is 2.28. The predicted molar refractivity (Wildman–Crippen MR) is 64.3 cm³/mol. The smallest absolute Gasteiger partial charge is 0.220 e. The van der Waals surface area contributed by atoms with Crippen molar-refractivity contribution in [2.45, 2.75) is 5.16 Å². The predicted octanol–water partition coefficient (Wildman–Crippen LogP) is 1.89. The van der Waals surface area contributed by atoms with E-state index >= 15 is 0 Å². The summed E-state index contributed by atoms with van der Waals surface area (Å²) in [7, 11) is 0. The van der Waals surface area contributed by atoms with Crippen LogP contribution in [0.5, 0.6) is 0 Å². The molecule has 0 fully saturated rings. The van der Waals surface area contributed by atoms with Crippen molar-refractivity contribution in [1.82, 2.24) is 19.9 Å². The standard InChI is InChI=1S/C9H8ClN5S/c1-16-9-13-4-5(7(10)15-9)6-2-3-12-8(11)14-6/h2-4H,1H3,(H2,11,12,14). The first-order chi connectivity index (χ1) is 7.70. The summed E-state index contributed by atoms with van der Waals surface area (Å²) in [6.07, 6.45) is 5.08. The van der Waals surface area contributed by atoms with Crippen molar-refractivity contribution < 1.29 is 0 Å². The van der Waals surface area contributed by atoms with Crippen LogP contribution in [0.1, 0.15) is 0 Å². The van der Waals surface area contributed by atoms with Gasteiger partial charge in [-0.2, -0.15) is 0 Å². The van der Waals surface area contributed by atoms with Crippen molar-refractivity contribution >= 4 is 29.3 Å². The number of anilines is 1. The van der Waals surface area contributed by atoms with Crippen LogP contribution in [0.3, 0.4) is 0 Å². The highest BCUT2D eigenvalue weighted by molar-refractivity contribution is 7.98. The number of hydrogen-bond donors (Lipinski definition) is 1. The van der Waals surface area contributed by atoms with Crippen LogP contribution in [0, 0.1) is 0 Å². The number of halogens is 1. The third kappa shape index (κ3) is 2.23. The molecule has 0 aliphatic heterocycles. The Morgan fingerprint density at radius 3 is 2.75 bits per heavy atom. The maximum absolute atomic E-state index is 6.03. The first kappa shape index (κ1) is 11.1. The average molecular weight is 254 g/mol. The molecule has 0 radical (unpaired) electrons. The van der Waals surface area contributed by atoms with Crippen molar-refractivity contribution in [2.24, 2.45) is 0 Å². The van der Waals surface area contributed by atoms with Gasteiger partial charge in [0.1, 0.15) is 5.15 Å². The van der Waals surface area contributed by atoms with E-state index in [4.69, 9.17) is 17.3 Å². The summed E-state index contributed by atoms with van der Waals surface area (Å²) in [4.78, 5) is 16.1. The van der Waals surface area contributed by atoms with E-state index in [1.165, 1.54) is 11.8 Å². The van der Waals surface area contributed by atoms with Gasteiger partial charge in [0.15, 0.2) is 5.16 Å². The Bertz CT molecular complexity index is 519. The normalized spacial score (nSPS) is 10.4. The fourth-order valence-corrected chi connectivity index (χ4v) is 1.76. The van der Waals surface area contributed by atoms with E-state index in [2.05, 4.69) is 19.9 Å². The van der Waals surface area contributed by atoms with Gasteiger partial charge in [-0.1, -0.05) is 23.4 Å². The summed E-state index contributed by atoms with van der Waals surface area (Å²) < 4.78 is 0. The van der Waals surface area contributed by atoms with Gasteiger partial charge in [0.05, 0.1) is 11.3 Å². The van der Waals surface area contributed by atoms with E-state index in [9.17, 15) is 0 Å². The number of nitrogen functional groups attached to an aromatic ring is 1. The van der Waals surface area contributed by atoms with Crippen LogP contribution >= 0.6 is 23.4 Å². The molecule has 0 spiro atoms. The molecule has 0 aliphatic carbocycles. The molecule has 0 bridgehead atoms. The third-order valence-corrected chi connectivity index (χ3v) is 2.70. The quantitative estimate of drug-likeness (QED) is 0.500. The third-order valence-electron chi connectivity index (χ3n) is 1.85. The molecule has 5 nitrogen and oxygen atoms in total. The minimum absolute atomic E-state index is 0.197. The minimum Gasteiger partial charge on any atom is -0.368 e. The van der Waals surface area contributed by atoms with Gasteiger partial charge in [-0.3, -0.25) is 0 Å². The summed E-state index contributed by atoms with van der Waals surface area (Å²) in [5.74, 6) is 0.197. The Labute approximate surface area is 101 Å². The molecule has 0 unspecified atom stereocenters. The SMILES string of the molecule is CSc1ncc(-c2ccnc(N)n2)c(Cl)n1. The molecular formula is C9H8ClN5S. The minimum atomic E-state index is 0.197. The monoisotopic (exact) mass is 253 g/mol. The molecule has 0 saturated heterocycles. The highest BCUT2D eigenvalue weighted by Gasteiger charge is 2.08. The summed E-state index contributed by atoms with van der Waals surface area (Å²) in [6, 6.07) is 1.71. The number of nitrogens with two attached hydrogens (primary N) is 1. The van der Waals surface area contributed by atoms with E-state index in [1.807, 2.05) is 6.26 Å². The fraction of sp³-hybridized carbons (Fsp3) is 0.111. The zero-order valence-corrected chi connectivity index (χ0v) is 9.96. The van der Waals surface area contributed by atoms with Crippen LogP contribution in [0.25, 0.3) is 11.3 Å².